The van der Waals surface area contributed by atoms with Crippen LogP contribution < -0.4 is 10.1 Å². The molecule has 1 amide bonds. The minimum atomic E-state index is -0.780. The largest absolute Gasteiger partial charge is 0.616 e. The van der Waals surface area contributed by atoms with Gasteiger partial charge in [-0.05, 0) is 85.3 Å². The van der Waals surface area contributed by atoms with Gasteiger partial charge in [-0.15, -0.1) is 0 Å². The number of hydrogen-bond donors (Lipinski definition) is 1. The predicted octanol–water partition coefficient (Wildman–Crippen LogP) is 6.02. The normalized spacial score (nSPS) is 24.8. The first-order chi connectivity index (χ1) is 17.6. The van der Waals surface area contributed by atoms with Crippen LogP contribution in [0.3, 0.4) is 0 Å². The van der Waals surface area contributed by atoms with Gasteiger partial charge >= 0.3 is 0 Å². The molecule has 0 radical (unpaired) electrons. The highest BCUT2D eigenvalue weighted by Gasteiger charge is 2.49. The molecule has 0 bridgehead atoms. The smallest absolute Gasteiger partial charge is 0.253 e. The summed E-state index contributed by atoms with van der Waals surface area (Å²) in [5.41, 5.74) is 7.07. The zero-order valence-corrected chi connectivity index (χ0v) is 23.8. The number of nitrogens with zero attached hydrogens (tertiary/aromatic N) is 1. The predicted molar refractivity (Wildman–Crippen MR) is 150 cm³/mol. The maximum atomic E-state index is 13.4. The van der Waals surface area contributed by atoms with E-state index in [1.807, 2.05) is 0 Å². The minimum absolute atomic E-state index is 0.0287. The van der Waals surface area contributed by atoms with Crippen LogP contribution in [0.5, 0.6) is 5.75 Å². The van der Waals surface area contributed by atoms with E-state index in [-0.39, 0.29) is 22.8 Å². The Bertz CT molecular complexity index is 1180. The molecule has 1 aromatic carbocycles. The molecule has 1 N–H and O–H groups in total. The van der Waals surface area contributed by atoms with Gasteiger partial charge in [-0.25, -0.2) is 0 Å². The molecule has 4 aliphatic rings. The summed E-state index contributed by atoms with van der Waals surface area (Å²) in [4.78, 5) is 13.4. The van der Waals surface area contributed by atoms with E-state index in [0.29, 0.717) is 17.4 Å². The standard InChI is InChI=1S/C31H42N2O3S/c1-20-24(29(34)32-23-18-37(35)19-23)16-27(33(20)17-21-8-6-5-7-9-21)22-14-25(30(2,3)4)28-26(15-22)31(10-11-31)12-13-36-28/h14-16,21,23H,5-13,17-19H2,1-4H3,(H,32,34). The molecule has 1 saturated heterocycles. The van der Waals surface area contributed by atoms with Crippen molar-refractivity contribution in [3.05, 3.63) is 40.6 Å². The van der Waals surface area contributed by atoms with E-state index in [0.717, 1.165) is 42.3 Å². The maximum Gasteiger partial charge on any atom is 0.253 e. The molecule has 1 aromatic heterocycles. The number of amides is 1. The average Bonchev–Trinajstić information content (AvgIpc) is 3.54. The average molecular weight is 523 g/mol. The summed E-state index contributed by atoms with van der Waals surface area (Å²) >= 11 is -0.780. The maximum absolute atomic E-state index is 13.4. The van der Waals surface area contributed by atoms with Crippen LogP contribution in [0.4, 0.5) is 0 Å². The summed E-state index contributed by atoms with van der Waals surface area (Å²) < 4.78 is 20.4. The monoisotopic (exact) mass is 522 g/mol. The lowest BCUT2D eigenvalue weighted by atomic mass is 9.79. The van der Waals surface area contributed by atoms with Gasteiger partial charge in [0.05, 0.1) is 12.2 Å². The van der Waals surface area contributed by atoms with E-state index in [1.165, 1.54) is 61.6 Å². The number of fused-ring (bicyclic) bond motifs is 2. The van der Waals surface area contributed by atoms with Crippen LogP contribution >= 0.6 is 0 Å². The van der Waals surface area contributed by atoms with Crippen LogP contribution in [-0.2, 0) is 28.6 Å². The van der Waals surface area contributed by atoms with Crippen molar-refractivity contribution in [3.63, 3.8) is 0 Å². The summed E-state index contributed by atoms with van der Waals surface area (Å²) in [6, 6.07) is 6.88. The lowest BCUT2D eigenvalue weighted by molar-refractivity contribution is 0.0941. The molecular formula is C31H42N2O3S. The third kappa shape index (κ3) is 4.73. The van der Waals surface area contributed by atoms with Crippen LogP contribution in [0, 0.1) is 12.8 Å². The molecule has 37 heavy (non-hydrogen) atoms. The van der Waals surface area contributed by atoms with Crippen molar-refractivity contribution < 1.29 is 14.1 Å². The van der Waals surface area contributed by atoms with Crippen molar-refractivity contribution in [2.45, 2.75) is 102 Å². The van der Waals surface area contributed by atoms with Gasteiger partial charge in [0.15, 0.2) is 0 Å². The van der Waals surface area contributed by atoms with Crippen LogP contribution in [0.1, 0.15) is 99.3 Å². The van der Waals surface area contributed by atoms with Gasteiger partial charge in [-0.2, -0.15) is 0 Å². The van der Waals surface area contributed by atoms with Gasteiger partial charge < -0.3 is 19.2 Å². The molecule has 1 spiro atoms. The molecule has 5 nitrogen and oxygen atoms in total. The summed E-state index contributed by atoms with van der Waals surface area (Å²) in [7, 11) is 0. The van der Waals surface area contributed by atoms with E-state index < -0.39 is 11.2 Å². The Labute approximate surface area is 224 Å². The first kappa shape index (κ1) is 25.4. The van der Waals surface area contributed by atoms with Crippen molar-refractivity contribution in [1.29, 1.82) is 0 Å². The number of rotatable bonds is 5. The highest BCUT2D eigenvalue weighted by molar-refractivity contribution is 7.92. The van der Waals surface area contributed by atoms with E-state index >= 15 is 0 Å². The molecule has 200 valence electrons. The number of hydrogen-bond acceptors (Lipinski definition) is 3. The number of aromatic nitrogens is 1. The molecule has 3 fully saturated rings. The van der Waals surface area contributed by atoms with Crippen molar-refractivity contribution in [3.8, 4) is 17.0 Å². The second kappa shape index (κ2) is 9.37. The van der Waals surface area contributed by atoms with E-state index in [9.17, 15) is 9.35 Å². The lowest BCUT2D eigenvalue weighted by Gasteiger charge is -2.33. The van der Waals surface area contributed by atoms with Crippen LogP contribution in [-0.4, -0.2) is 39.2 Å². The lowest BCUT2D eigenvalue weighted by Crippen LogP contribution is -2.53. The Kier molecular flexibility index (Phi) is 6.42. The molecule has 6 heteroatoms. The van der Waals surface area contributed by atoms with E-state index in [2.05, 4.69) is 55.8 Å². The fourth-order valence-electron chi connectivity index (χ4n) is 6.76. The minimum Gasteiger partial charge on any atom is -0.616 e. The van der Waals surface area contributed by atoms with Crippen molar-refractivity contribution in [1.82, 2.24) is 9.88 Å². The Morgan fingerprint density at radius 2 is 1.86 bits per heavy atom. The van der Waals surface area contributed by atoms with Crippen molar-refractivity contribution >= 4 is 17.1 Å². The van der Waals surface area contributed by atoms with Crippen LogP contribution in [0.15, 0.2) is 18.2 Å². The Balaban J connectivity index is 1.45. The highest BCUT2D eigenvalue weighted by Crippen LogP contribution is 2.58. The fourth-order valence-corrected chi connectivity index (χ4v) is 7.73. The molecule has 2 aromatic rings. The van der Waals surface area contributed by atoms with E-state index in [1.54, 1.807) is 0 Å². The molecule has 2 aliphatic carbocycles. The third-order valence-electron chi connectivity index (χ3n) is 9.33. The highest BCUT2D eigenvalue weighted by atomic mass is 32.2. The van der Waals surface area contributed by atoms with Crippen molar-refractivity contribution in [2.75, 3.05) is 18.1 Å². The summed E-state index contributed by atoms with van der Waals surface area (Å²) in [5, 5.41) is 3.14. The Morgan fingerprint density at radius 1 is 1.14 bits per heavy atom. The second-order valence-corrected chi connectivity index (χ2v) is 14.7. The Morgan fingerprint density at radius 3 is 2.51 bits per heavy atom. The van der Waals surface area contributed by atoms with Gasteiger partial charge in [-0.3, -0.25) is 4.79 Å². The molecule has 2 saturated carbocycles. The molecule has 2 aliphatic heterocycles. The Hall–Kier alpha value is -1.92. The zero-order chi connectivity index (χ0) is 25.9. The molecule has 0 atom stereocenters. The number of carbonyl (C=O) groups is 1. The zero-order valence-electron chi connectivity index (χ0n) is 23.0. The number of benzene rings is 1. The first-order valence-electron chi connectivity index (χ1n) is 14.3. The summed E-state index contributed by atoms with van der Waals surface area (Å²) in [5.74, 6) is 2.88. The van der Waals surface area contributed by atoms with Gasteiger partial charge in [0.25, 0.3) is 5.91 Å². The van der Waals surface area contributed by atoms with Crippen LogP contribution in [0.2, 0.25) is 0 Å². The number of carbonyl (C=O) groups excluding carboxylic acids is 1. The SMILES string of the molecule is Cc1c(C(=O)NC2C[S+]([O-])C2)cc(-c2cc(C(C)(C)C)c3c(c2)C2(CCO3)CC2)n1CC1CCCCC1. The quantitative estimate of drug-likeness (QED) is 0.489. The number of nitrogens with one attached hydrogen (secondary N) is 1. The van der Waals surface area contributed by atoms with Crippen molar-refractivity contribution in [2.24, 2.45) is 5.92 Å². The third-order valence-corrected chi connectivity index (χ3v) is 10.9. The fraction of sp³-hybridized carbons (Fsp3) is 0.645. The van der Waals surface area contributed by atoms with Gasteiger partial charge in [-0.1, -0.05) is 40.0 Å². The molecule has 6 rings (SSSR count). The summed E-state index contributed by atoms with van der Waals surface area (Å²) in [6.45, 7) is 10.7. The van der Waals surface area contributed by atoms with Gasteiger partial charge in [0, 0.05) is 34.5 Å². The molecule has 3 heterocycles. The van der Waals surface area contributed by atoms with E-state index in [4.69, 9.17) is 4.74 Å². The second-order valence-electron chi connectivity index (χ2n) is 13.1. The summed E-state index contributed by atoms with van der Waals surface area (Å²) in [6.07, 6.45) is 10.1. The van der Waals surface area contributed by atoms with Gasteiger partial charge in [0.2, 0.25) is 0 Å². The van der Waals surface area contributed by atoms with Gasteiger partial charge in [0.1, 0.15) is 23.3 Å². The van der Waals surface area contributed by atoms with Crippen LogP contribution in [0.25, 0.3) is 11.3 Å². The topological polar surface area (TPSA) is 66.3 Å². The molecule has 0 unspecified atom stereocenters. The molecular weight excluding hydrogens is 480 g/mol. The number of ether oxygens (including phenoxy) is 1. The first-order valence-corrected chi connectivity index (χ1v) is 15.8.